The Morgan fingerprint density at radius 1 is 1.23 bits per heavy atom. The molecule has 2 aromatic rings. The van der Waals surface area contributed by atoms with Crippen molar-refractivity contribution in [2.45, 2.75) is 32.1 Å². The molecular weight excluding hydrogens is 326 g/mol. The van der Waals surface area contributed by atoms with Crippen LogP contribution in [0.1, 0.15) is 34.6 Å². The Morgan fingerprint density at radius 2 is 2.04 bits per heavy atom. The number of aryl methyl sites for hydroxylation is 1. The number of nitriles is 1. The summed E-state index contributed by atoms with van der Waals surface area (Å²) in [7, 11) is 3.21. The summed E-state index contributed by atoms with van der Waals surface area (Å²) in [5.74, 6) is 0.729. The van der Waals surface area contributed by atoms with E-state index < -0.39 is 5.92 Å². The Bertz CT molecular complexity index is 866. The van der Waals surface area contributed by atoms with E-state index in [0.717, 1.165) is 22.3 Å². The molecule has 1 aliphatic rings. The van der Waals surface area contributed by atoms with Crippen LogP contribution >= 0.6 is 0 Å². The van der Waals surface area contributed by atoms with Gasteiger partial charge >= 0.3 is 0 Å². The fraction of sp³-hybridized carbons (Fsp3) is 0.364. The smallest absolute Gasteiger partial charge is 0.164 e. The van der Waals surface area contributed by atoms with Crippen molar-refractivity contribution >= 4 is 5.78 Å². The lowest BCUT2D eigenvalue weighted by Gasteiger charge is -2.30. The van der Waals surface area contributed by atoms with Crippen LogP contribution in [0.15, 0.2) is 36.4 Å². The lowest BCUT2D eigenvalue weighted by molar-refractivity contribution is -0.122. The van der Waals surface area contributed by atoms with Gasteiger partial charge in [-0.3, -0.25) is 4.79 Å². The largest absolute Gasteiger partial charge is 0.493 e. The van der Waals surface area contributed by atoms with Crippen LogP contribution in [0.2, 0.25) is 0 Å². The minimum absolute atomic E-state index is 0.127. The van der Waals surface area contributed by atoms with Gasteiger partial charge in [0, 0.05) is 17.9 Å². The van der Waals surface area contributed by atoms with E-state index >= 15 is 0 Å². The van der Waals surface area contributed by atoms with Crippen LogP contribution in [0.25, 0.3) is 0 Å². The third-order valence-corrected chi connectivity index (χ3v) is 5.14. The van der Waals surface area contributed by atoms with Gasteiger partial charge in [-0.05, 0) is 37.0 Å². The van der Waals surface area contributed by atoms with Gasteiger partial charge in [0.25, 0.3) is 0 Å². The maximum atomic E-state index is 12.9. The number of benzene rings is 2. The number of ether oxygens (including phenoxy) is 2. The first-order valence-electron chi connectivity index (χ1n) is 8.80. The molecule has 0 radical (unpaired) electrons. The van der Waals surface area contributed by atoms with Gasteiger partial charge in [-0.1, -0.05) is 35.9 Å². The second kappa shape index (κ2) is 7.61. The monoisotopic (exact) mass is 349 g/mol. The number of carbonyl (C=O) groups is 1. The third kappa shape index (κ3) is 3.30. The Kier molecular flexibility index (Phi) is 5.27. The summed E-state index contributed by atoms with van der Waals surface area (Å²) in [4.78, 5) is 12.9. The minimum Gasteiger partial charge on any atom is -0.493 e. The average Bonchev–Trinajstić information content (AvgIpc) is 2.65. The standard InChI is InChI=1S/C22H23NO3/c1-14-5-4-6-15(11-14)12-20(24)17-7-8-18-16(19(17)13-23)9-10-21(25-2)22(18)26-3/h4-6,9-11,17,19H,7-8,12H2,1-3H3. The first-order chi connectivity index (χ1) is 12.6. The lowest BCUT2D eigenvalue weighted by atomic mass is 9.72. The molecule has 4 heteroatoms. The number of hydrogen-bond acceptors (Lipinski definition) is 4. The van der Waals surface area contributed by atoms with Gasteiger partial charge < -0.3 is 9.47 Å². The summed E-state index contributed by atoms with van der Waals surface area (Å²) >= 11 is 0. The Balaban J connectivity index is 1.90. The average molecular weight is 349 g/mol. The fourth-order valence-electron chi connectivity index (χ4n) is 3.90. The topological polar surface area (TPSA) is 59.3 Å². The van der Waals surface area contributed by atoms with Crippen molar-refractivity contribution in [1.82, 2.24) is 0 Å². The van der Waals surface area contributed by atoms with Gasteiger partial charge in [0.1, 0.15) is 5.78 Å². The van der Waals surface area contributed by atoms with Crippen LogP contribution < -0.4 is 9.47 Å². The van der Waals surface area contributed by atoms with Crippen molar-refractivity contribution in [2.24, 2.45) is 5.92 Å². The van der Waals surface area contributed by atoms with E-state index in [1.54, 1.807) is 14.2 Å². The van der Waals surface area contributed by atoms with Gasteiger partial charge in [0.2, 0.25) is 0 Å². The lowest BCUT2D eigenvalue weighted by Crippen LogP contribution is -2.28. The summed E-state index contributed by atoms with van der Waals surface area (Å²) in [5.41, 5.74) is 4.01. The van der Waals surface area contributed by atoms with E-state index in [-0.39, 0.29) is 11.7 Å². The van der Waals surface area contributed by atoms with Crippen molar-refractivity contribution in [3.63, 3.8) is 0 Å². The molecule has 0 aliphatic heterocycles. The Hall–Kier alpha value is -2.80. The number of fused-ring (bicyclic) bond motifs is 1. The van der Waals surface area contributed by atoms with E-state index in [9.17, 15) is 10.1 Å². The molecule has 2 unspecified atom stereocenters. The van der Waals surface area contributed by atoms with Crippen LogP contribution in [0.5, 0.6) is 11.5 Å². The van der Waals surface area contributed by atoms with Gasteiger partial charge in [0.05, 0.1) is 26.2 Å². The number of ketones is 1. The second-order valence-electron chi connectivity index (χ2n) is 6.75. The highest BCUT2D eigenvalue weighted by atomic mass is 16.5. The Labute approximate surface area is 154 Å². The van der Waals surface area contributed by atoms with Crippen LogP contribution in [-0.2, 0) is 17.6 Å². The van der Waals surface area contributed by atoms with Crippen molar-refractivity contribution in [3.8, 4) is 17.6 Å². The highest BCUT2D eigenvalue weighted by Gasteiger charge is 2.36. The highest BCUT2D eigenvalue weighted by molar-refractivity contribution is 5.85. The normalized spacial score (nSPS) is 18.5. The molecule has 0 heterocycles. The van der Waals surface area contributed by atoms with Crippen molar-refractivity contribution in [1.29, 1.82) is 5.26 Å². The predicted octanol–water partition coefficient (Wildman–Crippen LogP) is 3.99. The molecule has 0 saturated carbocycles. The van der Waals surface area contributed by atoms with Crippen LogP contribution in [0, 0.1) is 24.2 Å². The highest BCUT2D eigenvalue weighted by Crippen LogP contribution is 2.44. The van der Waals surface area contributed by atoms with E-state index in [0.29, 0.717) is 30.8 Å². The molecule has 2 aromatic carbocycles. The van der Waals surface area contributed by atoms with E-state index in [1.165, 1.54) is 0 Å². The van der Waals surface area contributed by atoms with Crippen molar-refractivity contribution in [3.05, 3.63) is 58.7 Å². The third-order valence-electron chi connectivity index (χ3n) is 5.14. The number of Topliss-reactive ketones (excluding diaryl/α,β-unsaturated/α-hetero) is 1. The van der Waals surface area contributed by atoms with Crippen LogP contribution in [-0.4, -0.2) is 20.0 Å². The summed E-state index contributed by atoms with van der Waals surface area (Å²) in [6, 6.07) is 14.1. The Morgan fingerprint density at radius 3 is 2.69 bits per heavy atom. The first-order valence-corrected chi connectivity index (χ1v) is 8.80. The summed E-state index contributed by atoms with van der Waals surface area (Å²) < 4.78 is 10.9. The summed E-state index contributed by atoms with van der Waals surface area (Å²) in [5, 5.41) is 9.78. The molecule has 4 nitrogen and oxygen atoms in total. The fourth-order valence-corrected chi connectivity index (χ4v) is 3.90. The number of methoxy groups -OCH3 is 2. The van der Waals surface area contributed by atoms with E-state index in [4.69, 9.17) is 9.47 Å². The molecule has 1 aliphatic carbocycles. The second-order valence-corrected chi connectivity index (χ2v) is 6.75. The van der Waals surface area contributed by atoms with Gasteiger partial charge in [-0.25, -0.2) is 0 Å². The molecule has 26 heavy (non-hydrogen) atoms. The molecule has 0 aromatic heterocycles. The molecule has 0 amide bonds. The molecule has 2 atom stereocenters. The number of hydrogen-bond donors (Lipinski definition) is 0. The number of rotatable bonds is 5. The van der Waals surface area contributed by atoms with Gasteiger partial charge in [0.15, 0.2) is 11.5 Å². The first kappa shape index (κ1) is 18.0. The minimum atomic E-state index is -0.448. The maximum Gasteiger partial charge on any atom is 0.164 e. The summed E-state index contributed by atoms with van der Waals surface area (Å²) in [6.45, 7) is 2.02. The number of nitrogens with zero attached hydrogens (tertiary/aromatic N) is 1. The molecule has 134 valence electrons. The zero-order valence-electron chi connectivity index (χ0n) is 15.4. The van der Waals surface area contributed by atoms with Crippen molar-refractivity contribution < 1.29 is 14.3 Å². The van der Waals surface area contributed by atoms with Gasteiger partial charge in [-0.15, -0.1) is 0 Å². The van der Waals surface area contributed by atoms with Crippen LogP contribution in [0.4, 0.5) is 0 Å². The molecule has 0 fully saturated rings. The molecule has 0 spiro atoms. The maximum absolute atomic E-state index is 12.9. The zero-order chi connectivity index (χ0) is 18.7. The number of carbonyl (C=O) groups excluding carboxylic acids is 1. The molecule has 0 saturated heterocycles. The van der Waals surface area contributed by atoms with Crippen molar-refractivity contribution in [2.75, 3.05) is 14.2 Å². The molecular formula is C22H23NO3. The molecule has 3 rings (SSSR count). The SMILES string of the molecule is COc1ccc2c(c1OC)CCC(C(=O)Cc1cccc(C)c1)C2C#N. The molecule has 0 bridgehead atoms. The van der Waals surface area contributed by atoms with Gasteiger partial charge in [-0.2, -0.15) is 5.26 Å². The van der Waals surface area contributed by atoms with Crippen LogP contribution in [0.3, 0.4) is 0 Å². The predicted molar refractivity (Wildman–Crippen MR) is 99.6 cm³/mol. The summed E-state index contributed by atoms with van der Waals surface area (Å²) in [6.07, 6.45) is 1.73. The quantitative estimate of drug-likeness (QED) is 0.819. The molecule has 0 N–H and O–H groups in total. The van der Waals surface area contributed by atoms with E-state index in [1.807, 2.05) is 43.3 Å². The van der Waals surface area contributed by atoms with E-state index in [2.05, 4.69) is 6.07 Å². The zero-order valence-corrected chi connectivity index (χ0v) is 15.4.